The molecule has 0 radical (unpaired) electrons. The van der Waals surface area contributed by atoms with Crippen LogP contribution < -0.4 is 5.32 Å². The van der Waals surface area contributed by atoms with Crippen molar-refractivity contribution in [2.45, 2.75) is 32.2 Å². The molecule has 20 heavy (non-hydrogen) atoms. The predicted octanol–water partition coefficient (Wildman–Crippen LogP) is 2.88. The first-order valence-corrected chi connectivity index (χ1v) is 7.57. The van der Waals surface area contributed by atoms with Crippen molar-refractivity contribution in [2.75, 3.05) is 6.54 Å². The van der Waals surface area contributed by atoms with Gasteiger partial charge in [-0.25, -0.2) is 0 Å². The summed E-state index contributed by atoms with van der Waals surface area (Å²) in [6.07, 6.45) is 5.53. The number of hydrogen-bond donors (Lipinski definition) is 1. The fourth-order valence-electron chi connectivity index (χ4n) is 3.38. The highest BCUT2D eigenvalue weighted by molar-refractivity contribution is 5.33. The van der Waals surface area contributed by atoms with Crippen LogP contribution in [0.3, 0.4) is 0 Å². The van der Waals surface area contributed by atoms with Gasteiger partial charge < -0.3 is 5.32 Å². The third kappa shape index (κ3) is 2.63. The van der Waals surface area contributed by atoms with Crippen molar-refractivity contribution in [1.29, 1.82) is 0 Å². The van der Waals surface area contributed by atoms with Crippen LogP contribution in [0.1, 0.15) is 36.2 Å². The molecule has 1 aromatic carbocycles. The highest BCUT2D eigenvalue weighted by Gasteiger charge is 2.29. The number of fused-ring (bicyclic) bond motifs is 1. The van der Waals surface area contributed by atoms with Crippen LogP contribution in [-0.4, -0.2) is 16.3 Å². The molecule has 106 valence electrons. The summed E-state index contributed by atoms with van der Waals surface area (Å²) < 4.78 is 1.90. The van der Waals surface area contributed by atoms with Gasteiger partial charge in [-0.1, -0.05) is 31.2 Å². The maximum absolute atomic E-state index is 4.54. The summed E-state index contributed by atoms with van der Waals surface area (Å²) in [6, 6.07) is 11.5. The second-order valence-electron chi connectivity index (χ2n) is 5.72. The molecule has 1 heterocycles. The molecule has 0 saturated carbocycles. The van der Waals surface area contributed by atoms with Gasteiger partial charge in [-0.15, -0.1) is 0 Å². The van der Waals surface area contributed by atoms with Crippen LogP contribution in [0, 0.1) is 5.92 Å². The molecule has 1 aliphatic rings. The molecule has 2 unspecified atom stereocenters. The van der Waals surface area contributed by atoms with E-state index >= 15 is 0 Å². The van der Waals surface area contributed by atoms with E-state index in [4.69, 9.17) is 0 Å². The number of nitrogens with zero attached hydrogens (tertiary/aromatic N) is 2. The smallest absolute Gasteiger partial charge is 0.0627 e. The average molecular weight is 269 g/mol. The van der Waals surface area contributed by atoms with Crippen molar-refractivity contribution in [3.05, 3.63) is 53.3 Å². The molecule has 0 amide bonds. The van der Waals surface area contributed by atoms with Gasteiger partial charge in [-0.05, 0) is 48.9 Å². The molecule has 0 fully saturated rings. The molecule has 0 spiro atoms. The summed E-state index contributed by atoms with van der Waals surface area (Å²) in [5.74, 6) is 0.639. The van der Waals surface area contributed by atoms with Gasteiger partial charge in [-0.3, -0.25) is 4.68 Å². The van der Waals surface area contributed by atoms with Crippen molar-refractivity contribution in [3.8, 4) is 0 Å². The lowest BCUT2D eigenvalue weighted by Crippen LogP contribution is -2.33. The lowest BCUT2D eigenvalue weighted by Gasteiger charge is -2.34. The Morgan fingerprint density at radius 1 is 1.30 bits per heavy atom. The highest BCUT2D eigenvalue weighted by atomic mass is 15.2. The van der Waals surface area contributed by atoms with E-state index < -0.39 is 0 Å². The molecule has 1 aliphatic carbocycles. The second-order valence-corrected chi connectivity index (χ2v) is 5.72. The average Bonchev–Trinajstić information content (AvgIpc) is 2.87. The number of aryl methyl sites for hydroxylation is 2. The minimum absolute atomic E-state index is 0.465. The van der Waals surface area contributed by atoms with Gasteiger partial charge in [0, 0.05) is 19.3 Å². The van der Waals surface area contributed by atoms with E-state index in [1.165, 1.54) is 29.7 Å². The minimum atomic E-state index is 0.465. The Hall–Kier alpha value is -1.61. The summed E-state index contributed by atoms with van der Waals surface area (Å²) in [5, 5.41) is 8.23. The zero-order valence-corrected chi connectivity index (χ0v) is 12.3. The van der Waals surface area contributed by atoms with Gasteiger partial charge in [0.25, 0.3) is 0 Å². The number of benzene rings is 1. The molecule has 3 rings (SSSR count). The zero-order valence-electron chi connectivity index (χ0n) is 12.3. The quantitative estimate of drug-likeness (QED) is 0.925. The van der Waals surface area contributed by atoms with Crippen molar-refractivity contribution in [2.24, 2.45) is 13.0 Å². The molecule has 0 aliphatic heterocycles. The van der Waals surface area contributed by atoms with Gasteiger partial charge in [0.2, 0.25) is 0 Å². The normalized spacial score (nSPS) is 21.7. The Morgan fingerprint density at radius 3 is 2.90 bits per heavy atom. The molecule has 3 nitrogen and oxygen atoms in total. The first kappa shape index (κ1) is 13.4. The van der Waals surface area contributed by atoms with Crippen LogP contribution in [0.15, 0.2) is 36.5 Å². The van der Waals surface area contributed by atoms with E-state index in [2.05, 4.69) is 47.7 Å². The molecule has 2 aromatic rings. The first-order valence-electron chi connectivity index (χ1n) is 7.57. The fraction of sp³-hybridized carbons (Fsp3) is 0.471. The van der Waals surface area contributed by atoms with Gasteiger partial charge in [0.1, 0.15) is 0 Å². The van der Waals surface area contributed by atoms with Crippen LogP contribution in [0.2, 0.25) is 0 Å². The van der Waals surface area contributed by atoms with Crippen LogP contribution in [-0.2, 0) is 19.9 Å². The molecule has 3 heteroatoms. The summed E-state index contributed by atoms with van der Waals surface area (Å²) in [5.41, 5.74) is 4.21. The maximum Gasteiger partial charge on any atom is 0.0627 e. The summed E-state index contributed by atoms with van der Waals surface area (Å²) in [4.78, 5) is 0. The third-order valence-electron chi connectivity index (χ3n) is 4.31. The number of rotatable bonds is 4. The first-order chi connectivity index (χ1) is 9.78. The summed E-state index contributed by atoms with van der Waals surface area (Å²) in [6.45, 7) is 3.20. The van der Waals surface area contributed by atoms with E-state index in [0.29, 0.717) is 12.0 Å². The molecule has 1 aromatic heterocycles. The van der Waals surface area contributed by atoms with Gasteiger partial charge in [0.15, 0.2) is 0 Å². The largest absolute Gasteiger partial charge is 0.310 e. The van der Waals surface area contributed by atoms with E-state index in [1.807, 2.05) is 17.9 Å². The summed E-state index contributed by atoms with van der Waals surface area (Å²) in [7, 11) is 1.99. The van der Waals surface area contributed by atoms with Gasteiger partial charge >= 0.3 is 0 Å². The zero-order chi connectivity index (χ0) is 13.9. The lowest BCUT2D eigenvalue weighted by atomic mass is 9.77. The number of aromatic nitrogens is 2. The standard InChI is InChI=1S/C17H23N3/c1-3-18-17-14(12-15-10-11-20(2)19-15)9-8-13-6-4-5-7-16(13)17/h4-7,10-11,14,17-18H,3,8-9,12H2,1-2H3. The summed E-state index contributed by atoms with van der Waals surface area (Å²) >= 11 is 0. The Labute approximate surface area is 121 Å². The molecule has 0 saturated heterocycles. The van der Waals surface area contributed by atoms with Gasteiger partial charge in [-0.2, -0.15) is 5.10 Å². The number of nitrogens with one attached hydrogen (secondary N) is 1. The maximum atomic E-state index is 4.54. The Balaban J connectivity index is 1.84. The minimum Gasteiger partial charge on any atom is -0.310 e. The molecular weight excluding hydrogens is 246 g/mol. The lowest BCUT2D eigenvalue weighted by molar-refractivity contribution is 0.320. The van der Waals surface area contributed by atoms with Crippen LogP contribution >= 0.6 is 0 Å². The monoisotopic (exact) mass is 269 g/mol. The van der Waals surface area contributed by atoms with Crippen LogP contribution in [0.5, 0.6) is 0 Å². The Kier molecular flexibility index (Phi) is 3.88. The van der Waals surface area contributed by atoms with E-state index in [0.717, 1.165) is 13.0 Å². The predicted molar refractivity (Wildman–Crippen MR) is 81.6 cm³/mol. The molecule has 2 atom stereocenters. The second kappa shape index (κ2) is 5.80. The van der Waals surface area contributed by atoms with Crippen molar-refractivity contribution < 1.29 is 0 Å². The fourth-order valence-corrected chi connectivity index (χ4v) is 3.38. The van der Waals surface area contributed by atoms with Crippen LogP contribution in [0.4, 0.5) is 0 Å². The molecule has 0 bridgehead atoms. The highest BCUT2D eigenvalue weighted by Crippen LogP contribution is 2.36. The van der Waals surface area contributed by atoms with Crippen molar-refractivity contribution >= 4 is 0 Å². The van der Waals surface area contributed by atoms with E-state index in [1.54, 1.807) is 0 Å². The van der Waals surface area contributed by atoms with Crippen LogP contribution in [0.25, 0.3) is 0 Å². The molecular formula is C17H23N3. The van der Waals surface area contributed by atoms with E-state index in [-0.39, 0.29) is 0 Å². The topological polar surface area (TPSA) is 29.9 Å². The van der Waals surface area contributed by atoms with Crippen molar-refractivity contribution in [1.82, 2.24) is 15.1 Å². The van der Waals surface area contributed by atoms with E-state index in [9.17, 15) is 0 Å². The number of hydrogen-bond acceptors (Lipinski definition) is 2. The molecule has 1 N–H and O–H groups in total. The SMILES string of the molecule is CCNC1c2ccccc2CCC1Cc1ccn(C)n1. The Morgan fingerprint density at radius 2 is 2.15 bits per heavy atom. The third-order valence-corrected chi connectivity index (χ3v) is 4.31. The van der Waals surface area contributed by atoms with Crippen molar-refractivity contribution in [3.63, 3.8) is 0 Å². The van der Waals surface area contributed by atoms with Gasteiger partial charge in [0.05, 0.1) is 5.69 Å². The Bertz CT molecular complexity index is 573.